The Morgan fingerprint density at radius 1 is 0.788 bits per heavy atom. The molecule has 0 atom stereocenters. The zero-order chi connectivity index (χ0) is 22.2. The van der Waals surface area contributed by atoms with Crippen LogP contribution in [0.2, 0.25) is 0 Å². The van der Waals surface area contributed by atoms with Crippen LogP contribution in [0.3, 0.4) is 0 Å². The van der Waals surface area contributed by atoms with E-state index in [9.17, 15) is 4.79 Å². The molecule has 5 nitrogen and oxygen atoms in total. The molecule has 1 aromatic carbocycles. The molecule has 1 aliphatic heterocycles. The second kappa shape index (κ2) is 20.4. The molecule has 0 spiro atoms. The fraction of sp³-hybridized carbons (Fsp3) is 0.731. The molecule has 0 aromatic heterocycles. The number of nitrogens with zero attached hydrogens (tertiary/aromatic N) is 3. The minimum Gasteiger partial charge on any atom is -0.494 e. The van der Waals surface area contributed by atoms with E-state index in [1.165, 1.54) is 84.2 Å². The molecule has 1 saturated heterocycles. The van der Waals surface area contributed by atoms with Crippen molar-refractivity contribution in [2.45, 2.75) is 64.7 Å². The SMILES string of the molecule is CC(=O)N(C)CCCCN1CCN(CCCCCCCCCOc2ccccc2)CC1.Cl.Cl. The van der Waals surface area contributed by atoms with Gasteiger partial charge in [0, 0.05) is 46.7 Å². The lowest BCUT2D eigenvalue weighted by molar-refractivity contribution is -0.127. The van der Waals surface area contributed by atoms with Crippen LogP contribution in [0, 0.1) is 0 Å². The van der Waals surface area contributed by atoms with Gasteiger partial charge < -0.3 is 19.4 Å². The molecule has 0 radical (unpaired) electrons. The molecule has 0 N–H and O–H groups in total. The van der Waals surface area contributed by atoms with Gasteiger partial charge in [-0.2, -0.15) is 0 Å². The molecule has 192 valence electrons. The van der Waals surface area contributed by atoms with Crippen LogP contribution >= 0.6 is 24.8 Å². The lowest BCUT2D eigenvalue weighted by Crippen LogP contribution is -2.46. The van der Waals surface area contributed by atoms with Gasteiger partial charge in [-0.3, -0.25) is 4.79 Å². The van der Waals surface area contributed by atoms with Gasteiger partial charge in [0.25, 0.3) is 0 Å². The summed E-state index contributed by atoms with van der Waals surface area (Å²) in [6, 6.07) is 10.1. The maximum Gasteiger partial charge on any atom is 0.219 e. The normalized spacial score (nSPS) is 14.2. The maximum atomic E-state index is 11.2. The smallest absolute Gasteiger partial charge is 0.219 e. The van der Waals surface area contributed by atoms with Crippen molar-refractivity contribution < 1.29 is 9.53 Å². The van der Waals surface area contributed by atoms with E-state index in [2.05, 4.69) is 9.80 Å². The van der Waals surface area contributed by atoms with Crippen molar-refractivity contribution in [2.75, 3.05) is 59.5 Å². The highest BCUT2D eigenvalue weighted by molar-refractivity contribution is 5.85. The third kappa shape index (κ3) is 15.5. The van der Waals surface area contributed by atoms with Crippen LogP contribution in [0.15, 0.2) is 30.3 Å². The number of ether oxygens (including phenoxy) is 1. The first kappa shape index (κ1) is 32.0. The Morgan fingerprint density at radius 3 is 1.82 bits per heavy atom. The lowest BCUT2D eigenvalue weighted by atomic mass is 10.1. The second-order valence-electron chi connectivity index (χ2n) is 8.97. The van der Waals surface area contributed by atoms with E-state index >= 15 is 0 Å². The van der Waals surface area contributed by atoms with Crippen LogP contribution in [0.1, 0.15) is 64.7 Å². The molecule has 1 aromatic rings. The predicted molar refractivity (Wildman–Crippen MR) is 144 cm³/mol. The number of benzene rings is 1. The largest absolute Gasteiger partial charge is 0.494 e. The fourth-order valence-electron chi connectivity index (χ4n) is 4.11. The summed E-state index contributed by atoms with van der Waals surface area (Å²) in [6.45, 7) is 10.6. The highest BCUT2D eigenvalue weighted by atomic mass is 35.5. The molecular weight excluding hydrogens is 457 g/mol. The first-order valence-electron chi connectivity index (χ1n) is 12.5. The predicted octanol–water partition coefficient (Wildman–Crippen LogP) is 5.52. The highest BCUT2D eigenvalue weighted by Crippen LogP contribution is 2.12. The summed E-state index contributed by atoms with van der Waals surface area (Å²) in [6.07, 6.45) is 11.5. The van der Waals surface area contributed by atoms with E-state index in [0.29, 0.717) is 0 Å². The Bertz CT molecular complexity index is 584. The molecule has 1 fully saturated rings. The van der Waals surface area contributed by atoms with Gasteiger partial charge in [0.1, 0.15) is 5.75 Å². The summed E-state index contributed by atoms with van der Waals surface area (Å²) in [5, 5.41) is 0. The Morgan fingerprint density at radius 2 is 1.27 bits per heavy atom. The molecule has 0 bridgehead atoms. The fourth-order valence-corrected chi connectivity index (χ4v) is 4.11. The van der Waals surface area contributed by atoms with Crippen molar-refractivity contribution in [2.24, 2.45) is 0 Å². The zero-order valence-corrected chi connectivity index (χ0v) is 22.5. The average Bonchev–Trinajstić information content (AvgIpc) is 2.79. The first-order chi connectivity index (χ1) is 15.1. The van der Waals surface area contributed by atoms with Crippen molar-refractivity contribution in [1.82, 2.24) is 14.7 Å². The number of carbonyl (C=O) groups is 1. The Labute approximate surface area is 215 Å². The minimum atomic E-state index is 0. The number of piperazine rings is 1. The van der Waals surface area contributed by atoms with Crippen molar-refractivity contribution in [3.8, 4) is 5.75 Å². The summed E-state index contributed by atoms with van der Waals surface area (Å²) in [5.41, 5.74) is 0. The number of carbonyl (C=O) groups excluding carboxylic acids is 1. The quantitative estimate of drug-likeness (QED) is 0.278. The van der Waals surface area contributed by atoms with Crippen LogP contribution in [0.5, 0.6) is 5.75 Å². The van der Waals surface area contributed by atoms with Crippen LogP contribution in [0.4, 0.5) is 0 Å². The van der Waals surface area contributed by atoms with Gasteiger partial charge >= 0.3 is 0 Å². The van der Waals surface area contributed by atoms with E-state index in [4.69, 9.17) is 4.74 Å². The van der Waals surface area contributed by atoms with E-state index in [1.54, 1.807) is 6.92 Å². The molecule has 33 heavy (non-hydrogen) atoms. The summed E-state index contributed by atoms with van der Waals surface area (Å²) < 4.78 is 5.75. The zero-order valence-electron chi connectivity index (χ0n) is 20.9. The molecule has 0 unspecified atom stereocenters. The van der Waals surface area contributed by atoms with Crippen molar-refractivity contribution in [3.05, 3.63) is 30.3 Å². The van der Waals surface area contributed by atoms with Crippen molar-refractivity contribution in [1.29, 1.82) is 0 Å². The van der Waals surface area contributed by atoms with Gasteiger partial charge in [-0.15, -0.1) is 24.8 Å². The third-order valence-electron chi connectivity index (χ3n) is 6.35. The summed E-state index contributed by atoms with van der Waals surface area (Å²) in [5.74, 6) is 1.16. The summed E-state index contributed by atoms with van der Waals surface area (Å²) in [4.78, 5) is 18.3. The molecular formula is C26H47Cl2N3O2. The summed E-state index contributed by atoms with van der Waals surface area (Å²) >= 11 is 0. The van der Waals surface area contributed by atoms with Crippen LogP contribution in [-0.4, -0.2) is 80.1 Å². The Hall–Kier alpha value is -1.01. The number of halogens is 2. The van der Waals surface area contributed by atoms with Gasteiger partial charge in [0.2, 0.25) is 5.91 Å². The monoisotopic (exact) mass is 503 g/mol. The molecule has 0 aliphatic carbocycles. The Balaban J connectivity index is 0.00000512. The molecule has 1 heterocycles. The van der Waals surface area contributed by atoms with Gasteiger partial charge in [0.15, 0.2) is 0 Å². The molecule has 1 aliphatic rings. The van der Waals surface area contributed by atoms with E-state index in [1.807, 2.05) is 42.3 Å². The number of rotatable bonds is 16. The van der Waals surface area contributed by atoms with Crippen LogP contribution in [0.25, 0.3) is 0 Å². The molecule has 2 rings (SSSR count). The molecule has 1 amide bonds. The highest BCUT2D eigenvalue weighted by Gasteiger charge is 2.15. The number of hydrogen-bond acceptors (Lipinski definition) is 4. The molecule has 0 saturated carbocycles. The lowest BCUT2D eigenvalue weighted by Gasteiger charge is -2.34. The van der Waals surface area contributed by atoms with Crippen LogP contribution < -0.4 is 4.74 Å². The van der Waals surface area contributed by atoms with E-state index in [-0.39, 0.29) is 30.7 Å². The molecule has 7 heteroatoms. The summed E-state index contributed by atoms with van der Waals surface area (Å²) in [7, 11) is 1.89. The second-order valence-corrected chi connectivity index (χ2v) is 8.97. The van der Waals surface area contributed by atoms with Crippen LogP contribution in [-0.2, 0) is 4.79 Å². The minimum absolute atomic E-state index is 0. The van der Waals surface area contributed by atoms with Gasteiger partial charge in [-0.25, -0.2) is 0 Å². The van der Waals surface area contributed by atoms with Crippen molar-refractivity contribution in [3.63, 3.8) is 0 Å². The van der Waals surface area contributed by atoms with Gasteiger partial charge in [-0.05, 0) is 50.9 Å². The average molecular weight is 505 g/mol. The first-order valence-corrected chi connectivity index (χ1v) is 12.5. The van der Waals surface area contributed by atoms with E-state index < -0.39 is 0 Å². The Kier molecular flexibility index (Phi) is 19.7. The topological polar surface area (TPSA) is 36.0 Å². The standard InChI is InChI=1S/C26H45N3O2.2ClH/c1-25(30)27(2)17-12-13-19-29-22-20-28(21-23-29)18-11-6-4-3-5-7-14-24-31-26-15-9-8-10-16-26;;/h8-10,15-16H,3-7,11-14,17-24H2,1-2H3;2*1H. The maximum absolute atomic E-state index is 11.2. The number of para-hydroxylation sites is 1. The van der Waals surface area contributed by atoms with Crippen molar-refractivity contribution >= 4 is 30.7 Å². The van der Waals surface area contributed by atoms with E-state index in [0.717, 1.165) is 31.7 Å². The number of amides is 1. The van der Waals surface area contributed by atoms with Gasteiger partial charge in [-0.1, -0.05) is 50.3 Å². The van der Waals surface area contributed by atoms with Gasteiger partial charge in [0.05, 0.1) is 6.61 Å². The number of unbranched alkanes of at least 4 members (excludes halogenated alkanes) is 7. The number of hydrogen-bond donors (Lipinski definition) is 0. The third-order valence-corrected chi connectivity index (χ3v) is 6.35.